The molecule has 1 aromatic carbocycles. The molecular weight excluding hydrogens is 440 g/mol. The van der Waals surface area contributed by atoms with E-state index in [4.69, 9.17) is 9.84 Å². The van der Waals surface area contributed by atoms with Crippen molar-refractivity contribution >= 4 is 23.1 Å². The number of hydrogen-bond donors (Lipinski definition) is 2. The number of H-pyrrole nitrogens is 1. The highest BCUT2D eigenvalue weighted by atomic mass is 16.5. The van der Waals surface area contributed by atoms with Crippen LogP contribution in [0.15, 0.2) is 24.4 Å². The zero-order chi connectivity index (χ0) is 24.5. The molecule has 2 N–H and O–H groups in total. The van der Waals surface area contributed by atoms with Crippen molar-refractivity contribution in [1.82, 2.24) is 40.0 Å². The summed E-state index contributed by atoms with van der Waals surface area (Å²) in [7, 11) is 6.02. The lowest BCUT2D eigenvalue weighted by Gasteiger charge is -2.23. The van der Waals surface area contributed by atoms with Crippen molar-refractivity contribution in [3.05, 3.63) is 47.0 Å². The number of benzene rings is 1. The number of rotatable bonds is 4. The van der Waals surface area contributed by atoms with Crippen LogP contribution in [0.1, 0.15) is 42.9 Å². The molecule has 0 fully saturated rings. The first kappa shape index (κ1) is 23.3. The molecule has 9 heteroatoms. The molecule has 4 heterocycles. The van der Waals surface area contributed by atoms with Gasteiger partial charge in [-0.2, -0.15) is 15.3 Å². The Morgan fingerprint density at radius 3 is 2.89 bits per heavy atom. The van der Waals surface area contributed by atoms with Crippen molar-refractivity contribution in [2.24, 2.45) is 7.05 Å². The SMILES string of the molecule is CCCn1nc(CNC)c2c1CN(C)CC(C)Oc1c(cnn1C)-c1ccc3n[nH]c(c3c1)/C=C/2. The van der Waals surface area contributed by atoms with E-state index in [1.165, 1.54) is 5.69 Å². The normalized spacial score (nSPS) is 17.6. The minimum atomic E-state index is -0.0224. The van der Waals surface area contributed by atoms with Gasteiger partial charge in [0.15, 0.2) is 0 Å². The third-order valence-electron chi connectivity index (χ3n) is 6.45. The standard InChI is InChI=1S/C26H34N8O/c1-6-11-34-25-16-32(4)15-17(2)35-26-21(13-28-33(26)5)18-7-9-22-20(12-18)23(30-29-22)10-8-19(25)24(31-34)14-27-3/h7-10,12-13,17,27H,6,11,14-16H2,1-5H3,(H,29,30)/b10-8+. The summed E-state index contributed by atoms with van der Waals surface area (Å²) in [4.78, 5) is 2.30. The number of aryl methyl sites for hydroxylation is 2. The van der Waals surface area contributed by atoms with Crippen molar-refractivity contribution in [3.63, 3.8) is 0 Å². The molecular formula is C26H34N8O. The van der Waals surface area contributed by atoms with Crippen LogP contribution in [-0.2, 0) is 26.7 Å². The Morgan fingerprint density at radius 2 is 2.09 bits per heavy atom. The number of nitrogens with one attached hydrogen (secondary N) is 2. The minimum Gasteiger partial charge on any atom is -0.473 e. The van der Waals surface area contributed by atoms with E-state index in [9.17, 15) is 0 Å². The highest BCUT2D eigenvalue weighted by molar-refractivity contribution is 5.93. The van der Waals surface area contributed by atoms with E-state index in [1.807, 2.05) is 31.0 Å². The zero-order valence-corrected chi connectivity index (χ0v) is 21.2. The van der Waals surface area contributed by atoms with Gasteiger partial charge in [0.1, 0.15) is 6.10 Å². The summed E-state index contributed by atoms with van der Waals surface area (Å²) >= 11 is 0. The molecule has 9 nitrogen and oxygen atoms in total. The van der Waals surface area contributed by atoms with Gasteiger partial charge >= 0.3 is 0 Å². The fraction of sp³-hybridized carbons (Fsp3) is 0.423. The second-order valence-electron chi connectivity index (χ2n) is 9.38. The Labute approximate surface area is 205 Å². The van der Waals surface area contributed by atoms with Crippen LogP contribution in [0.3, 0.4) is 0 Å². The highest BCUT2D eigenvalue weighted by Crippen LogP contribution is 2.33. The largest absolute Gasteiger partial charge is 0.473 e. The number of ether oxygens (including phenoxy) is 1. The third-order valence-corrected chi connectivity index (χ3v) is 6.45. The van der Waals surface area contributed by atoms with Gasteiger partial charge < -0.3 is 10.1 Å². The summed E-state index contributed by atoms with van der Waals surface area (Å²) in [5.74, 6) is 0.772. The summed E-state index contributed by atoms with van der Waals surface area (Å²) in [6.07, 6.45) is 7.18. The maximum absolute atomic E-state index is 6.46. The summed E-state index contributed by atoms with van der Waals surface area (Å²) in [6.45, 7) is 7.44. The Bertz CT molecular complexity index is 1360. The molecule has 0 spiro atoms. The smallest absolute Gasteiger partial charge is 0.219 e. The fourth-order valence-electron chi connectivity index (χ4n) is 4.86. The molecule has 1 aliphatic rings. The number of nitrogens with zero attached hydrogens (tertiary/aromatic N) is 6. The van der Waals surface area contributed by atoms with Gasteiger partial charge in [-0.1, -0.05) is 13.0 Å². The summed E-state index contributed by atoms with van der Waals surface area (Å²) < 4.78 is 10.4. The molecule has 1 unspecified atom stereocenters. The van der Waals surface area contributed by atoms with E-state index < -0.39 is 0 Å². The van der Waals surface area contributed by atoms with E-state index in [0.29, 0.717) is 6.54 Å². The van der Waals surface area contributed by atoms with Crippen LogP contribution in [0, 0.1) is 0 Å². The van der Waals surface area contributed by atoms with Gasteiger partial charge in [-0.15, -0.1) is 0 Å². The molecule has 0 radical (unpaired) electrons. The topological polar surface area (TPSA) is 88.8 Å². The van der Waals surface area contributed by atoms with E-state index in [2.05, 4.69) is 75.4 Å². The first-order valence-corrected chi connectivity index (χ1v) is 12.2. The van der Waals surface area contributed by atoms with Crippen molar-refractivity contribution < 1.29 is 4.74 Å². The lowest BCUT2D eigenvalue weighted by Crippen LogP contribution is -2.32. The van der Waals surface area contributed by atoms with Crippen molar-refractivity contribution in [2.45, 2.75) is 46.0 Å². The number of hydrogen-bond acceptors (Lipinski definition) is 6. The van der Waals surface area contributed by atoms with Crippen LogP contribution in [0.25, 0.3) is 34.2 Å². The Balaban J connectivity index is 1.69. The second-order valence-corrected chi connectivity index (χ2v) is 9.38. The lowest BCUT2D eigenvalue weighted by atomic mass is 10.0. The van der Waals surface area contributed by atoms with Gasteiger partial charge in [0.05, 0.1) is 34.4 Å². The quantitative estimate of drug-likeness (QED) is 0.469. The zero-order valence-electron chi connectivity index (χ0n) is 21.2. The van der Waals surface area contributed by atoms with Gasteiger partial charge in [0.2, 0.25) is 5.88 Å². The molecule has 1 aliphatic heterocycles. The molecule has 4 aromatic rings. The average Bonchev–Trinajstić information content (AvgIpc) is 3.49. The third kappa shape index (κ3) is 4.49. The van der Waals surface area contributed by atoms with Crippen LogP contribution in [0.5, 0.6) is 5.88 Å². The molecule has 1 atom stereocenters. The first-order chi connectivity index (χ1) is 17.0. The van der Waals surface area contributed by atoms with Crippen molar-refractivity contribution in [1.29, 1.82) is 0 Å². The maximum atomic E-state index is 6.46. The number of likely N-dealkylation sites (N-methyl/N-ethyl adjacent to an activating group) is 1. The maximum Gasteiger partial charge on any atom is 0.219 e. The predicted molar refractivity (Wildman–Crippen MR) is 139 cm³/mol. The average molecular weight is 475 g/mol. The van der Waals surface area contributed by atoms with E-state index in [1.54, 1.807) is 0 Å². The predicted octanol–water partition coefficient (Wildman–Crippen LogP) is 3.67. The van der Waals surface area contributed by atoms with E-state index in [-0.39, 0.29) is 6.10 Å². The molecule has 5 rings (SSSR count). The van der Waals surface area contributed by atoms with Gasteiger partial charge in [-0.25, -0.2) is 4.68 Å². The molecule has 3 aromatic heterocycles. The molecule has 35 heavy (non-hydrogen) atoms. The minimum absolute atomic E-state index is 0.0224. The van der Waals surface area contributed by atoms with E-state index in [0.717, 1.165) is 70.9 Å². The van der Waals surface area contributed by atoms with Crippen LogP contribution in [0.2, 0.25) is 0 Å². The number of aromatic amines is 1. The van der Waals surface area contributed by atoms with Gasteiger partial charge in [-0.05, 0) is 57.3 Å². The number of aromatic nitrogens is 6. The van der Waals surface area contributed by atoms with Crippen LogP contribution >= 0.6 is 0 Å². The van der Waals surface area contributed by atoms with Crippen LogP contribution in [0.4, 0.5) is 0 Å². The molecule has 0 saturated carbocycles. The van der Waals surface area contributed by atoms with Gasteiger partial charge in [0.25, 0.3) is 0 Å². The van der Waals surface area contributed by atoms with Crippen LogP contribution < -0.4 is 10.1 Å². The van der Waals surface area contributed by atoms with Crippen molar-refractivity contribution in [3.8, 4) is 17.0 Å². The monoisotopic (exact) mass is 474 g/mol. The van der Waals surface area contributed by atoms with Gasteiger partial charge in [-0.3, -0.25) is 14.7 Å². The Hall–Kier alpha value is -3.43. The van der Waals surface area contributed by atoms with Crippen molar-refractivity contribution in [2.75, 3.05) is 20.6 Å². The molecule has 0 amide bonds. The lowest BCUT2D eigenvalue weighted by molar-refractivity contribution is 0.147. The second kappa shape index (κ2) is 9.67. The van der Waals surface area contributed by atoms with E-state index >= 15 is 0 Å². The molecule has 0 saturated heterocycles. The summed E-state index contributed by atoms with van der Waals surface area (Å²) in [5, 5.41) is 21.6. The van der Waals surface area contributed by atoms with Crippen LogP contribution in [-0.4, -0.2) is 61.4 Å². The highest BCUT2D eigenvalue weighted by Gasteiger charge is 2.21. The molecule has 0 aliphatic carbocycles. The summed E-state index contributed by atoms with van der Waals surface area (Å²) in [5.41, 5.74) is 7.35. The Kier molecular flexibility index (Phi) is 6.44. The summed E-state index contributed by atoms with van der Waals surface area (Å²) in [6, 6.07) is 6.28. The first-order valence-electron chi connectivity index (χ1n) is 12.2. The van der Waals surface area contributed by atoms with Gasteiger partial charge in [0, 0.05) is 44.2 Å². The Morgan fingerprint density at radius 1 is 1.23 bits per heavy atom. The molecule has 184 valence electrons. The molecule has 2 bridgehead atoms. The fourth-order valence-corrected chi connectivity index (χ4v) is 4.86. The number of fused-ring (bicyclic) bond motifs is 4.